The maximum absolute atomic E-state index is 12.0. The number of aliphatic carboxylic acids is 1. The highest BCUT2D eigenvalue weighted by Gasteiger charge is 2.33. The van der Waals surface area contributed by atoms with Crippen LogP contribution < -0.4 is 5.32 Å². The van der Waals surface area contributed by atoms with Gasteiger partial charge in [-0.2, -0.15) is 11.8 Å². The van der Waals surface area contributed by atoms with Gasteiger partial charge >= 0.3 is 12.0 Å². The average Bonchev–Trinajstić information content (AvgIpc) is 2.41. The molecule has 9 heteroatoms. The molecule has 1 heterocycles. The highest BCUT2D eigenvalue weighted by molar-refractivity contribution is 8.00. The molecule has 0 aliphatic carbocycles. The predicted molar refractivity (Wildman–Crippen MR) is 82.2 cm³/mol. The standard InChI is InChI=1S/C12H22N2O5S2/c1-21(18,19)10-9-20-8-7-14(10)12(17)13-6-4-2-3-5-11(15)16/h10H,2-9H2,1H3,(H,13,17)(H,15,16). The zero-order chi connectivity index (χ0) is 15.9. The van der Waals surface area contributed by atoms with E-state index < -0.39 is 21.2 Å². The second-order valence-electron chi connectivity index (χ2n) is 4.99. The van der Waals surface area contributed by atoms with Gasteiger partial charge < -0.3 is 15.3 Å². The van der Waals surface area contributed by atoms with Crippen molar-refractivity contribution in [1.29, 1.82) is 0 Å². The van der Waals surface area contributed by atoms with Gasteiger partial charge in [0.05, 0.1) is 0 Å². The third kappa shape index (κ3) is 6.56. The van der Waals surface area contributed by atoms with Crippen molar-refractivity contribution in [3.05, 3.63) is 0 Å². The molecule has 2 N–H and O–H groups in total. The van der Waals surface area contributed by atoms with E-state index in [9.17, 15) is 18.0 Å². The van der Waals surface area contributed by atoms with Crippen LogP contribution in [0, 0.1) is 0 Å². The van der Waals surface area contributed by atoms with Crippen molar-refractivity contribution < 1.29 is 23.1 Å². The van der Waals surface area contributed by atoms with E-state index in [0.29, 0.717) is 31.7 Å². The van der Waals surface area contributed by atoms with E-state index in [1.54, 1.807) is 0 Å². The summed E-state index contributed by atoms with van der Waals surface area (Å²) in [6.07, 6.45) is 3.27. The Morgan fingerprint density at radius 1 is 1.33 bits per heavy atom. The molecule has 0 bridgehead atoms. The van der Waals surface area contributed by atoms with Gasteiger partial charge in [0.2, 0.25) is 0 Å². The third-order valence-electron chi connectivity index (χ3n) is 3.18. The molecule has 2 amide bonds. The molecular formula is C12H22N2O5S2. The van der Waals surface area contributed by atoms with Crippen LogP contribution in [-0.2, 0) is 14.6 Å². The number of rotatable bonds is 7. The number of sulfone groups is 1. The molecule has 1 fully saturated rings. The Balaban J connectivity index is 2.34. The fraction of sp³-hybridized carbons (Fsp3) is 0.833. The molecule has 21 heavy (non-hydrogen) atoms. The van der Waals surface area contributed by atoms with E-state index in [1.807, 2.05) is 0 Å². The van der Waals surface area contributed by atoms with Crippen molar-refractivity contribution in [1.82, 2.24) is 10.2 Å². The second kappa shape index (κ2) is 8.47. The number of carbonyl (C=O) groups excluding carboxylic acids is 1. The van der Waals surface area contributed by atoms with Gasteiger partial charge in [-0.25, -0.2) is 13.2 Å². The lowest BCUT2D eigenvalue weighted by Crippen LogP contribution is -2.53. The minimum absolute atomic E-state index is 0.132. The van der Waals surface area contributed by atoms with E-state index in [4.69, 9.17) is 5.11 Å². The molecule has 0 aromatic heterocycles. The number of carbonyl (C=O) groups is 2. The Morgan fingerprint density at radius 3 is 2.67 bits per heavy atom. The summed E-state index contributed by atoms with van der Waals surface area (Å²) in [7, 11) is -3.29. The zero-order valence-corrected chi connectivity index (χ0v) is 13.7. The molecule has 1 saturated heterocycles. The topological polar surface area (TPSA) is 104 Å². The summed E-state index contributed by atoms with van der Waals surface area (Å²) in [6, 6.07) is -0.357. The lowest BCUT2D eigenvalue weighted by Gasteiger charge is -2.33. The Kier molecular flexibility index (Phi) is 7.30. The average molecular weight is 338 g/mol. The number of carboxylic acids is 1. The molecule has 0 radical (unpaired) electrons. The molecule has 1 aliphatic heterocycles. The van der Waals surface area contributed by atoms with Gasteiger partial charge in [-0.05, 0) is 12.8 Å². The number of thioether (sulfide) groups is 1. The van der Waals surface area contributed by atoms with Gasteiger partial charge in [0.1, 0.15) is 5.37 Å². The van der Waals surface area contributed by atoms with Gasteiger partial charge in [0.25, 0.3) is 0 Å². The largest absolute Gasteiger partial charge is 0.481 e. The molecule has 1 aliphatic rings. The molecule has 1 unspecified atom stereocenters. The number of amides is 2. The van der Waals surface area contributed by atoms with Crippen LogP contribution in [0.5, 0.6) is 0 Å². The fourth-order valence-electron chi connectivity index (χ4n) is 2.04. The van der Waals surface area contributed by atoms with Crippen molar-refractivity contribution in [3.63, 3.8) is 0 Å². The van der Waals surface area contributed by atoms with Crippen LogP contribution in [-0.4, -0.2) is 66.6 Å². The summed E-state index contributed by atoms with van der Waals surface area (Å²) in [5.74, 6) is 0.323. The lowest BCUT2D eigenvalue weighted by atomic mass is 10.2. The van der Waals surface area contributed by atoms with Gasteiger partial charge in [-0.1, -0.05) is 6.42 Å². The van der Waals surface area contributed by atoms with Crippen LogP contribution in [0.15, 0.2) is 0 Å². The first-order valence-electron chi connectivity index (χ1n) is 6.85. The summed E-state index contributed by atoms with van der Waals surface area (Å²) in [5.41, 5.74) is 0. The Labute approximate surface area is 129 Å². The molecule has 7 nitrogen and oxygen atoms in total. The fourth-order valence-corrected chi connectivity index (χ4v) is 4.86. The summed E-state index contributed by atoms with van der Waals surface area (Å²) in [5, 5.41) is 10.4. The van der Waals surface area contributed by atoms with Gasteiger partial charge in [0, 0.05) is 37.3 Å². The molecule has 0 saturated carbocycles. The van der Waals surface area contributed by atoms with Crippen molar-refractivity contribution in [2.45, 2.75) is 31.1 Å². The van der Waals surface area contributed by atoms with Crippen molar-refractivity contribution in [2.75, 3.05) is 30.9 Å². The van der Waals surface area contributed by atoms with E-state index in [-0.39, 0.29) is 12.5 Å². The summed E-state index contributed by atoms with van der Waals surface area (Å²) < 4.78 is 23.4. The molecule has 0 spiro atoms. The number of carboxylic acid groups (broad SMARTS) is 1. The first kappa shape index (κ1) is 18.1. The van der Waals surface area contributed by atoms with Crippen molar-refractivity contribution in [2.24, 2.45) is 0 Å². The third-order valence-corrected chi connectivity index (χ3v) is 5.83. The molecule has 0 aromatic carbocycles. The number of nitrogens with zero attached hydrogens (tertiary/aromatic N) is 1. The second-order valence-corrected chi connectivity index (χ2v) is 8.34. The Hall–Kier alpha value is -0.960. The summed E-state index contributed by atoms with van der Waals surface area (Å²) in [6.45, 7) is 0.853. The maximum Gasteiger partial charge on any atom is 0.318 e. The number of urea groups is 1. The quantitative estimate of drug-likeness (QED) is 0.664. The van der Waals surface area contributed by atoms with Crippen molar-refractivity contribution >= 4 is 33.6 Å². The molecule has 1 rings (SSSR count). The van der Waals surface area contributed by atoms with Crippen LogP contribution in [0.25, 0.3) is 0 Å². The van der Waals surface area contributed by atoms with Crippen LogP contribution in [0.1, 0.15) is 25.7 Å². The molecule has 1 atom stereocenters. The number of nitrogens with one attached hydrogen (secondary N) is 1. The normalized spacial score (nSPS) is 19.3. The maximum atomic E-state index is 12.0. The number of hydrogen-bond donors (Lipinski definition) is 2. The minimum Gasteiger partial charge on any atom is -0.481 e. The van der Waals surface area contributed by atoms with E-state index in [0.717, 1.165) is 18.4 Å². The van der Waals surface area contributed by atoms with E-state index >= 15 is 0 Å². The van der Waals surface area contributed by atoms with Gasteiger partial charge in [-0.15, -0.1) is 0 Å². The van der Waals surface area contributed by atoms with Crippen molar-refractivity contribution in [3.8, 4) is 0 Å². The first-order valence-corrected chi connectivity index (χ1v) is 9.96. The molecule has 0 aromatic rings. The Morgan fingerprint density at radius 2 is 2.05 bits per heavy atom. The van der Waals surface area contributed by atoms with Crippen LogP contribution in [0.3, 0.4) is 0 Å². The monoisotopic (exact) mass is 338 g/mol. The van der Waals surface area contributed by atoms with E-state index in [2.05, 4.69) is 5.32 Å². The zero-order valence-electron chi connectivity index (χ0n) is 12.1. The van der Waals surface area contributed by atoms with Gasteiger partial charge in [0.15, 0.2) is 9.84 Å². The van der Waals surface area contributed by atoms with Crippen LogP contribution in [0.4, 0.5) is 4.79 Å². The first-order chi connectivity index (χ1) is 9.82. The highest BCUT2D eigenvalue weighted by Crippen LogP contribution is 2.20. The lowest BCUT2D eigenvalue weighted by molar-refractivity contribution is -0.137. The Bertz CT molecular complexity index is 466. The molecule has 122 valence electrons. The predicted octanol–water partition coefficient (Wildman–Crippen LogP) is 0.760. The SMILES string of the molecule is CS(=O)(=O)C1CSCCN1C(=O)NCCCCCC(=O)O. The minimum atomic E-state index is -3.29. The van der Waals surface area contributed by atoms with Crippen LogP contribution >= 0.6 is 11.8 Å². The number of hydrogen-bond acceptors (Lipinski definition) is 5. The van der Waals surface area contributed by atoms with E-state index in [1.165, 1.54) is 16.7 Å². The summed E-state index contributed by atoms with van der Waals surface area (Å²) >= 11 is 1.53. The smallest absolute Gasteiger partial charge is 0.318 e. The van der Waals surface area contributed by atoms with Gasteiger partial charge in [-0.3, -0.25) is 4.79 Å². The van der Waals surface area contributed by atoms with Crippen LogP contribution in [0.2, 0.25) is 0 Å². The summed E-state index contributed by atoms with van der Waals surface area (Å²) in [4.78, 5) is 23.8. The molecular weight excluding hydrogens is 316 g/mol. The highest BCUT2D eigenvalue weighted by atomic mass is 32.2. The number of unbranched alkanes of at least 4 members (excludes halogenated alkanes) is 2.